The topological polar surface area (TPSA) is 30.7 Å². The van der Waals surface area contributed by atoms with Gasteiger partial charge in [-0.05, 0) is 26.8 Å². The predicted octanol–water partition coefficient (Wildman–Crippen LogP) is 1.89. The van der Waals surface area contributed by atoms with Gasteiger partial charge in [-0.15, -0.1) is 0 Å². The summed E-state index contributed by atoms with van der Waals surface area (Å²) in [7, 11) is 2.03. The molecule has 3 nitrogen and oxygen atoms in total. The fraction of sp³-hybridized carbons (Fsp3) is 0.400. The van der Waals surface area contributed by atoms with Gasteiger partial charge >= 0.3 is 0 Å². The van der Waals surface area contributed by atoms with Gasteiger partial charge in [0, 0.05) is 12.7 Å². The Morgan fingerprint density at radius 3 is 2.54 bits per heavy atom. The predicted molar refractivity (Wildman–Crippen MR) is 52.7 cm³/mol. The highest BCUT2D eigenvalue weighted by Crippen LogP contribution is 2.17. The largest absolute Gasteiger partial charge is 0.331 e. The van der Waals surface area contributed by atoms with E-state index in [0.29, 0.717) is 0 Å². The van der Waals surface area contributed by atoms with Crippen LogP contribution in [0.2, 0.25) is 0 Å². The van der Waals surface area contributed by atoms with Crippen molar-refractivity contribution < 1.29 is 0 Å². The summed E-state index contributed by atoms with van der Waals surface area (Å²) in [4.78, 5) is 8.83. The van der Waals surface area contributed by atoms with Crippen molar-refractivity contribution in [2.75, 3.05) is 0 Å². The Balaban J connectivity index is 2.94. The van der Waals surface area contributed by atoms with Crippen LogP contribution in [0.5, 0.6) is 0 Å². The molecule has 0 bridgehead atoms. The van der Waals surface area contributed by atoms with Gasteiger partial charge in [-0.1, -0.05) is 0 Å². The van der Waals surface area contributed by atoms with Crippen LogP contribution in [-0.2, 0) is 7.05 Å². The highest BCUT2D eigenvalue weighted by molar-refractivity contribution is 5.78. The van der Waals surface area contributed by atoms with Crippen molar-refractivity contribution >= 4 is 11.0 Å². The Hall–Kier alpha value is -1.38. The molecule has 0 unspecified atom stereocenters. The molecule has 2 aromatic heterocycles. The molecule has 0 aliphatic carbocycles. The molecule has 0 fully saturated rings. The molecule has 0 saturated carbocycles. The molecule has 0 aliphatic heterocycles. The molecule has 13 heavy (non-hydrogen) atoms. The summed E-state index contributed by atoms with van der Waals surface area (Å²) in [6.07, 6.45) is 0. The molecular weight excluding hydrogens is 162 g/mol. The van der Waals surface area contributed by atoms with Crippen LogP contribution in [0.25, 0.3) is 11.0 Å². The summed E-state index contributed by atoms with van der Waals surface area (Å²) >= 11 is 0. The molecule has 0 amide bonds. The average Bonchev–Trinajstić information content (AvgIpc) is 2.32. The SMILES string of the molecule is Cc1cc2c(nc(C)n2C)c(C)n1. The van der Waals surface area contributed by atoms with Gasteiger partial charge in [-0.25, -0.2) is 4.98 Å². The number of pyridine rings is 1. The van der Waals surface area contributed by atoms with Crippen LogP contribution in [-0.4, -0.2) is 14.5 Å². The lowest BCUT2D eigenvalue weighted by molar-refractivity contribution is 0.885. The maximum absolute atomic E-state index is 4.45. The summed E-state index contributed by atoms with van der Waals surface area (Å²) < 4.78 is 2.09. The minimum absolute atomic E-state index is 1.01. The van der Waals surface area contributed by atoms with E-state index in [1.165, 1.54) is 5.52 Å². The lowest BCUT2D eigenvalue weighted by Gasteiger charge is -1.99. The van der Waals surface area contributed by atoms with E-state index in [0.717, 1.165) is 22.7 Å². The minimum Gasteiger partial charge on any atom is -0.331 e. The van der Waals surface area contributed by atoms with E-state index in [9.17, 15) is 0 Å². The first-order valence-electron chi connectivity index (χ1n) is 4.37. The summed E-state index contributed by atoms with van der Waals surface area (Å²) in [5, 5.41) is 0. The molecule has 0 atom stereocenters. The van der Waals surface area contributed by atoms with Gasteiger partial charge in [-0.3, -0.25) is 4.98 Å². The molecule has 2 aromatic rings. The van der Waals surface area contributed by atoms with Crippen molar-refractivity contribution in [3.63, 3.8) is 0 Å². The Morgan fingerprint density at radius 1 is 1.15 bits per heavy atom. The van der Waals surface area contributed by atoms with Crippen molar-refractivity contribution in [1.29, 1.82) is 0 Å². The average molecular weight is 175 g/mol. The van der Waals surface area contributed by atoms with Crippen molar-refractivity contribution in [3.05, 3.63) is 23.3 Å². The van der Waals surface area contributed by atoms with Gasteiger partial charge in [0.05, 0.1) is 11.2 Å². The molecule has 0 aromatic carbocycles. The Kier molecular flexibility index (Phi) is 1.62. The first-order chi connectivity index (χ1) is 6.09. The second-order valence-electron chi connectivity index (χ2n) is 3.43. The fourth-order valence-electron chi connectivity index (χ4n) is 1.61. The third kappa shape index (κ3) is 1.11. The number of nitrogens with zero attached hydrogens (tertiary/aromatic N) is 3. The molecular formula is C10H13N3. The number of aromatic nitrogens is 3. The second kappa shape index (κ2) is 2.55. The molecule has 2 rings (SSSR count). The Bertz CT molecular complexity index is 468. The molecule has 0 spiro atoms. The first-order valence-corrected chi connectivity index (χ1v) is 4.37. The van der Waals surface area contributed by atoms with Gasteiger partial charge < -0.3 is 4.57 Å². The van der Waals surface area contributed by atoms with Crippen molar-refractivity contribution in [2.45, 2.75) is 20.8 Å². The minimum atomic E-state index is 1.01. The lowest BCUT2D eigenvalue weighted by Crippen LogP contribution is -1.92. The Morgan fingerprint density at radius 2 is 1.85 bits per heavy atom. The van der Waals surface area contributed by atoms with Crippen molar-refractivity contribution in [2.24, 2.45) is 7.05 Å². The summed E-state index contributed by atoms with van der Waals surface area (Å²) in [6.45, 7) is 6.02. The van der Waals surface area contributed by atoms with Crippen LogP contribution in [0.3, 0.4) is 0 Å². The fourth-order valence-corrected chi connectivity index (χ4v) is 1.61. The molecule has 0 saturated heterocycles. The van der Waals surface area contributed by atoms with Crippen LogP contribution >= 0.6 is 0 Å². The quantitative estimate of drug-likeness (QED) is 0.612. The molecule has 0 N–H and O–H groups in total. The van der Waals surface area contributed by atoms with E-state index in [1.807, 2.05) is 27.8 Å². The zero-order chi connectivity index (χ0) is 9.59. The van der Waals surface area contributed by atoms with E-state index in [2.05, 4.69) is 20.6 Å². The van der Waals surface area contributed by atoms with E-state index in [4.69, 9.17) is 0 Å². The maximum Gasteiger partial charge on any atom is 0.110 e. The van der Waals surface area contributed by atoms with E-state index in [-0.39, 0.29) is 0 Å². The van der Waals surface area contributed by atoms with Crippen LogP contribution in [0.4, 0.5) is 0 Å². The van der Waals surface area contributed by atoms with Gasteiger partial charge in [0.15, 0.2) is 0 Å². The van der Waals surface area contributed by atoms with Gasteiger partial charge in [-0.2, -0.15) is 0 Å². The monoisotopic (exact) mass is 175 g/mol. The number of hydrogen-bond acceptors (Lipinski definition) is 2. The number of rotatable bonds is 0. The maximum atomic E-state index is 4.45. The Labute approximate surface area is 77.4 Å². The zero-order valence-corrected chi connectivity index (χ0v) is 8.42. The van der Waals surface area contributed by atoms with Crippen LogP contribution < -0.4 is 0 Å². The summed E-state index contributed by atoms with van der Waals surface area (Å²) in [6, 6.07) is 2.07. The third-order valence-corrected chi connectivity index (χ3v) is 2.40. The highest BCUT2D eigenvalue weighted by Gasteiger charge is 2.07. The number of hydrogen-bond donors (Lipinski definition) is 0. The lowest BCUT2D eigenvalue weighted by atomic mass is 10.3. The normalized spacial score (nSPS) is 11.1. The second-order valence-corrected chi connectivity index (χ2v) is 3.43. The van der Waals surface area contributed by atoms with Gasteiger partial charge in [0.1, 0.15) is 11.3 Å². The first kappa shape index (κ1) is 8.23. The zero-order valence-electron chi connectivity index (χ0n) is 8.42. The van der Waals surface area contributed by atoms with Gasteiger partial charge in [0.25, 0.3) is 0 Å². The molecule has 0 radical (unpaired) electrons. The van der Waals surface area contributed by atoms with Gasteiger partial charge in [0.2, 0.25) is 0 Å². The van der Waals surface area contributed by atoms with E-state index < -0.39 is 0 Å². The summed E-state index contributed by atoms with van der Waals surface area (Å²) in [5.41, 5.74) is 4.25. The van der Waals surface area contributed by atoms with Crippen LogP contribution in [0, 0.1) is 20.8 Å². The standard InChI is InChI=1S/C10H13N3/c1-6-5-9-10(7(2)11-6)12-8(3)13(9)4/h5H,1-4H3. The number of aryl methyl sites for hydroxylation is 4. The number of imidazole rings is 1. The van der Waals surface area contributed by atoms with Crippen molar-refractivity contribution in [1.82, 2.24) is 14.5 Å². The summed E-state index contributed by atoms with van der Waals surface area (Å²) in [5.74, 6) is 1.03. The van der Waals surface area contributed by atoms with Crippen LogP contribution in [0.15, 0.2) is 6.07 Å². The highest BCUT2D eigenvalue weighted by atomic mass is 15.1. The molecule has 0 aliphatic rings. The molecule has 2 heterocycles. The molecule has 3 heteroatoms. The number of fused-ring (bicyclic) bond motifs is 1. The van der Waals surface area contributed by atoms with Crippen molar-refractivity contribution in [3.8, 4) is 0 Å². The van der Waals surface area contributed by atoms with E-state index in [1.54, 1.807) is 0 Å². The third-order valence-electron chi connectivity index (χ3n) is 2.40. The smallest absolute Gasteiger partial charge is 0.110 e. The van der Waals surface area contributed by atoms with Crippen LogP contribution in [0.1, 0.15) is 17.2 Å². The van der Waals surface area contributed by atoms with E-state index >= 15 is 0 Å². The molecule has 68 valence electrons.